The standard InChI is InChI=1S/C25H27N3O5/c29-23-9-8-21(24(30)26-23)28-15-20-19(25(28)31)2-1-3-22(20)33-16-18-6-4-17(5-7-18)14-27-10-12-32-13-11-27/h1-7,21H,8-16H2,(H,26,29,30)/i4D,6D,14D. The fourth-order valence-electron chi connectivity index (χ4n) is 4.34. The number of nitrogens with zero attached hydrogens (tertiary/aromatic N) is 2. The Labute approximate surface area is 196 Å². The fraction of sp³-hybridized carbons (Fsp3) is 0.400. The second kappa shape index (κ2) is 9.33. The van der Waals surface area contributed by atoms with Gasteiger partial charge in [0.2, 0.25) is 11.8 Å². The van der Waals surface area contributed by atoms with E-state index in [2.05, 4.69) is 5.32 Å². The van der Waals surface area contributed by atoms with Crippen molar-refractivity contribution in [2.24, 2.45) is 0 Å². The smallest absolute Gasteiger partial charge is 0.255 e. The molecule has 0 radical (unpaired) electrons. The van der Waals surface area contributed by atoms with E-state index in [9.17, 15) is 14.4 Å². The van der Waals surface area contributed by atoms with Gasteiger partial charge in [0.1, 0.15) is 18.4 Å². The summed E-state index contributed by atoms with van der Waals surface area (Å²) in [6.45, 7) is 1.79. The van der Waals surface area contributed by atoms with E-state index in [0.717, 1.165) is 0 Å². The monoisotopic (exact) mass is 452 g/mol. The van der Waals surface area contributed by atoms with Gasteiger partial charge in [-0.3, -0.25) is 24.6 Å². The first-order valence-corrected chi connectivity index (χ1v) is 11.1. The molecule has 0 aliphatic carbocycles. The molecule has 8 nitrogen and oxygen atoms in total. The van der Waals surface area contributed by atoms with Gasteiger partial charge in [-0.05, 0) is 29.7 Å². The summed E-state index contributed by atoms with van der Waals surface area (Å²) < 4.78 is 36.8. The summed E-state index contributed by atoms with van der Waals surface area (Å²) in [6.07, 6.45) is 0.463. The number of fused-ring (bicyclic) bond motifs is 1. The third-order valence-electron chi connectivity index (χ3n) is 6.12. The van der Waals surface area contributed by atoms with Crippen molar-refractivity contribution >= 4 is 17.7 Å². The van der Waals surface area contributed by atoms with Crippen molar-refractivity contribution in [2.45, 2.75) is 38.6 Å². The molecule has 3 heterocycles. The normalized spacial score (nSPS) is 23.4. The number of carbonyl (C=O) groups is 3. The van der Waals surface area contributed by atoms with Gasteiger partial charge in [-0.25, -0.2) is 0 Å². The molecule has 5 rings (SSSR count). The highest BCUT2D eigenvalue weighted by molar-refractivity contribution is 6.05. The quantitative estimate of drug-likeness (QED) is 0.674. The van der Waals surface area contributed by atoms with Crippen molar-refractivity contribution in [3.8, 4) is 5.75 Å². The molecule has 33 heavy (non-hydrogen) atoms. The number of ether oxygens (including phenoxy) is 2. The Bertz CT molecular complexity index is 1220. The van der Waals surface area contributed by atoms with Gasteiger partial charge < -0.3 is 14.4 Å². The Morgan fingerprint density at radius 3 is 2.73 bits per heavy atom. The molecule has 2 fully saturated rings. The summed E-state index contributed by atoms with van der Waals surface area (Å²) >= 11 is 0. The highest BCUT2D eigenvalue weighted by Gasteiger charge is 2.40. The number of nitrogens with one attached hydrogen (secondary N) is 1. The number of hydrogen-bond acceptors (Lipinski definition) is 6. The molecule has 2 aromatic carbocycles. The molecular formula is C25H27N3O5. The van der Waals surface area contributed by atoms with E-state index in [-0.39, 0.29) is 49.9 Å². The predicted octanol–water partition coefficient (Wildman–Crippen LogP) is 1.86. The molecule has 1 N–H and O–H groups in total. The van der Waals surface area contributed by atoms with Crippen molar-refractivity contribution in [3.63, 3.8) is 0 Å². The summed E-state index contributed by atoms with van der Waals surface area (Å²) in [6, 6.07) is 7.83. The number of piperidine rings is 1. The van der Waals surface area contributed by atoms with Crippen LogP contribution in [0.1, 0.15) is 44.0 Å². The summed E-state index contributed by atoms with van der Waals surface area (Å²) in [4.78, 5) is 40.2. The third kappa shape index (κ3) is 4.62. The van der Waals surface area contributed by atoms with E-state index in [1.54, 1.807) is 30.3 Å². The molecular weight excluding hydrogens is 422 g/mol. The van der Waals surface area contributed by atoms with Gasteiger partial charge in [-0.2, -0.15) is 0 Å². The van der Waals surface area contributed by atoms with Crippen molar-refractivity contribution in [1.82, 2.24) is 15.1 Å². The zero-order valence-electron chi connectivity index (χ0n) is 21.1. The van der Waals surface area contributed by atoms with Crippen LogP contribution in [0.15, 0.2) is 42.4 Å². The second-order valence-corrected chi connectivity index (χ2v) is 8.31. The van der Waals surface area contributed by atoms with Crippen LogP contribution in [0.3, 0.4) is 0 Å². The third-order valence-corrected chi connectivity index (χ3v) is 6.12. The highest BCUT2D eigenvalue weighted by Crippen LogP contribution is 2.34. The lowest BCUT2D eigenvalue weighted by molar-refractivity contribution is -0.136. The first kappa shape index (κ1) is 18.2. The van der Waals surface area contributed by atoms with Crippen LogP contribution in [0.5, 0.6) is 5.75 Å². The Morgan fingerprint density at radius 2 is 1.91 bits per heavy atom. The van der Waals surface area contributed by atoms with Crippen molar-refractivity contribution in [3.05, 3.63) is 64.7 Å². The van der Waals surface area contributed by atoms with Crippen LogP contribution < -0.4 is 10.1 Å². The molecule has 0 spiro atoms. The maximum Gasteiger partial charge on any atom is 0.255 e. The molecule has 3 aliphatic heterocycles. The largest absolute Gasteiger partial charge is 0.489 e. The van der Waals surface area contributed by atoms with Gasteiger partial charge in [0.25, 0.3) is 5.91 Å². The van der Waals surface area contributed by atoms with Crippen molar-refractivity contribution in [2.75, 3.05) is 26.3 Å². The SMILES string of the molecule is [2H]c1c(COc2cccc3c2CN(C2CCC(=O)NC2=O)C3=O)ccc(C([2H])N2CCOCC2)c1[2H]. The topological polar surface area (TPSA) is 88.2 Å². The Kier molecular flexibility index (Phi) is 5.15. The van der Waals surface area contributed by atoms with Crippen LogP contribution in [0, 0.1) is 0 Å². The molecule has 0 bridgehead atoms. The van der Waals surface area contributed by atoms with Crippen LogP contribution in [-0.2, 0) is 34.0 Å². The molecule has 2 saturated heterocycles. The van der Waals surface area contributed by atoms with E-state index in [1.165, 1.54) is 4.90 Å². The number of benzene rings is 2. The maximum absolute atomic E-state index is 13.0. The molecule has 172 valence electrons. The summed E-state index contributed by atoms with van der Waals surface area (Å²) in [5.74, 6) is -0.621. The van der Waals surface area contributed by atoms with Gasteiger partial charge in [0.15, 0.2) is 0 Å². The zero-order chi connectivity index (χ0) is 25.4. The summed E-state index contributed by atoms with van der Waals surface area (Å²) in [5, 5.41) is 2.30. The van der Waals surface area contributed by atoms with Gasteiger partial charge >= 0.3 is 0 Å². The molecule has 2 unspecified atom stereocenters. The first-order valence-electron chi connectivity index (χ1n) is 12.6. The molecule has 3 amide bonds. The molecule has 2 aromatic rings. The van der Waals surface area contributed by atoms with E-state index in [1.807, 2.05) is 4.90 Å². The first-order chi connectivity index (χ1) is 17.3. The van der Waals surface area contributed by atoms with Crippen LogP contribution in [0.4, 0.5) is 0 Å². The Balaban J connectivity index is 1.31. The van der Waals surface area contributed by atoms with E-state index >= 15 is 0 Å². The minimum Gasteiger partial charge on any atom is -0.489 e. The lowest BCUT2D eigenvalue weighted by Crippen LogP contribution is -2.52. The number of imide groups is 1. The minimum atomic E-state index is -0.734. The van der Waals surface area contributed by atoms with Crippen LogP contribution in [0.25, 0.3) is 0 Å². The highest BCUT2D eigenvalue weighted by atomic mass is 16.5. The molecule has 3 aliphatic rings. The lowest BCUT2D eigenvalue weighted by atomic mass is 10.0. The van der Waals surface area contributed by atoms with Gasteiger partial charge in [0, 0.05) is 38.5 Å². The number of rotatable bonds is 6. The minimum absolute atomic E-state index is 0.0000864. The molecule has 0 saturated carbocycles. The van der Waals surface area contributed by atoms with Crippen LogP contribution in [-0.4, -0.2) is 59.9 Å². The second-order valence-electron chi connectivity index (χ2n) is 8.31. The van der Waals surface area contributed by atoms with Crippen molar-refractivity contribution < 1.29 is 28.0 Å². The number of carbonyl (C=O) groups excluding carboxylic acids is 3. The van der Waals surface area contributed by atoms with Crippen LogP contribution in [0.2, 0.25) is 0 Å². The lowest BCUT2D eigenvalue weighted by Gasteiger charge is -2.29. The molecule has 2 atom stereocenters. The Morgan fingerprint density at radius 1 is 1.12 bits per heavy atom. The van der Waals surface area contributed by atoms with E-state index < -0.39 is 18.5 Å². The van der Waals surface area contributed by atoms with E-state index in [4.69, 9.17) is 13.6 Å². The van der Waals surface area contributed by atoms with Crippen molar-refractivity contribution in [1.29, 1.82) is 0 Å². The van der Waals surface area contributed by atoms with Gasteiger partial charge in [0.05, 0.1) is 22.5 Å². The van der Waals surface area contributed by atoms with Gasteiger partial charge in [-0.15, -0.1) is 0 Å². The number of hydrogen-bond donors (Lipinski definition) is 1. The summed E-state index contributed by atoms with van der Waals surface area (Å²) in [5.41, 5.74) is 2.07. The number of amides is 3. The predicted molar refractivity (Wildman–Crippen MR) is 119 cm³/mol. The van der Waals surface area contributed by atoms with Gasteiger partial charge in [-0.1, -0.05) is 30.3 Å². The van der Waals surface area contributed by atoms with Crippen LogP contribution >= 0.6 is 0 Å². The zero-order valence-corrected chi connectivity index (χ0v) is 18.1. The fourth-order valence-corrected chi connectivity index (χ4v) is 4.34. The molecule has 0 aromatic heterocycles. The maximum atomic E-state index is 13.0. The molecule has 8 heteroatoms. The Hall–Kier alpha value is -3.23. The number of morpholine rings is 1. The van der Waals surface area contributed by atoms with E-state index in [0.29, 0.717) is 54.3 Å². The average molecular weight is 453 g/mol. The summed E-state index contributed by atoms with van der Waals surface area (Å²) in [7, 11) is 0. The average Bonchev–Trinajstić information content (AvgIpc) is 3.22.